The predicted molar refractivity (Wildman–Crippen MR) is 98.4 cm³/mol. The Labute approximate surface area is 148 Å². The molecule has 0 fully saturated rings. The summed E-state index contributed by atoms with van der Waals surface area (Å²) in [7, 11) is 0. The number of para-hydroxylation sites is 1. The smallest absolute Gasteiger partial charge is 0.261 e. The maximum absolute atomic E-state index is 12.3. The van der Waals surface area contributed by atoms with Crippen LogP contribution in [-0.4, -0.2) is 16.6 Å². The lowest BCUT2D eigenvalue weighted by Crippen LogP contribution is -2.36. The largest absolute Gasteiger partial charge is 0.481 e. The van der Waals surface area contributed by atoms with Crippen molar-refractivity contribution in [3.8, 4) is 5.75 Å². The third-order valence-corrected chi connectivity index (χ3v) is 3.99. The highest BCUT2D eigenvalue weighted by Gasteiger charge is 2.14. The van der Waals surface area contributed by atoms with Crippen LogP contribution in [0.25, 0.3) is 0 Å². The molecule has 1 amide bonds. The number of hydrogen-bond acceptors (Lipinski definition) is 2. The van der Waals surface area contributed by atoms with E-state index in [-0.39, 0.29) is 5.91 Å². The van der Waals surface area contributed by atoms with Crippen LogP contribution in [0, 0.1) is 0 Å². The van der Waals surface area contributed by atoms with Crippen LogP contribution in [0.3, 0.4) is 0 Å². The number of ether oxygens (including phenoxy) is 1. The molecule has 4 nitrogen and oxygen atoms in total. The van der Waals surface area contributed by atoms with E-state index in [0.29, 0.717) is 12.3 Å². The fourth-order valence-corrected chi connectivity index (χ4v) is 2.62. The fourth-order valence-electron chi connectivity index (χ4n) is 2.62. The number of carbonyl (C=O) groups is 1. The Morgan fingerprint density at radius 2 is 1.68 bits per heavy atom. The molecule has 3 aromatic rings. The number of aromatic nitrogens is 1. The molecule has 1 aromatic heterocycles. The van der Waals surface area contributed by atoms with E-state index in [2.05, 4.69) is 22.0 Å². The lowest BCUT2D eigenvalue weighted by molar-refractivity contribution is -0.127. The first-order valence-corrected chi connectivity index (χ1v) is 8.40. The second kappa shape index (κ2) is 8.20. The van der Waals surface area contributed by atoms with Crippen LogP contribution in [0.1, 0.15) is 18.2 Å². The van der Waals surface area contributed by atoms with Gasteiger partial charge >= 0.3 is 0 Å². The second-order valence-electron chi connectivity index (χ2n) is 5.90. The molecule has 128 valence electrons. The topological polar surface area (TPSA) is 43.3 Å². The lowest BCUT2D eigenvalue weighted by atomic mass is 10.2. The highest BCUT2D eigenvalue weighted by molar-refractivity contribution is 5.80. The average Bonchev–Trinajstić information content (AvgIpc) is 3.08. The molecular formula is C21H22N2O2. The van der Waals surface area contributed by atoms with Gasteiger partial charge in [-0.15, -0.1) is 0 Å². The molecule has 1 heterocycles. The molecule has 2 aromatic carbocycles. The molecule has 4 heteroatoms. The normalized spacial score (nSPS) is 11.7. The standard InChI is InChI=1S/C21H22N2O2/c1-17(25-20-12-6-3-7-13-20)21(24)22-15-19-11-8-14-23(19)16-18-9-4-2-5-10-18/h2-14,17H,15-16H2,1H3,(H,22,24). The summed E-state index contributed by atoms with van der Waals surface area (Å²) in [6, 6.07) is 23.6. The number of hydrogen-bond donors (Lipinski definition) is 1. The summed E-state index contributed by atoms with van der Waals surface area (Å²) in [5.74, 6) is 0.564. The molecule has 0 aliphatic rings. The van der Waals surface area contributed by atoms with Gasteiger partial charge in [0.25, 0.3) is 5.91 Å². The molecule has 0 aliphatic heterocycles. The molecule has 0 saturated heterocycles. The Kier molecular flexibility index (Phi) is 5.52. The van der Waals surface area contributed by atoms with Gasteiger partial charge in [0, 0.05) is 18.4 Å². The zero-order valence-electron chi connectivity index (χ0n) is 14.3. The van der Waals surface area contributed by atoms with E-state index in [1.54, 1.807) is 6.92 Å². The Hall–Kier alpha value is -3.01. The molecule has 0 saturated carbocycles. The summed E-state index contributed by atoms with van der Waals surface area (Å²) >= 11 is 0. The molecule has 0 bridgehead atoms. The van der Waals surface area contributed by atoms with Gasteiger partial charge in [-0.25, -0.2) is 0 Å². The Morgan fingerprint density at radius 3 is 2.40 bits per heavy atom. The van der Waals surface area contributed by atoms with Crippen LogP contribution in [0.15, 0.2) is 79.0 Å². The van der Waals surface area contributed by atoms with Gasteiger partial charge in [-0.05, 0) is 36.8 Å². The number of benzene rings is 2. The first kappa shape index (κ1) is 16.8. The molecule has 3 rings (SSSR count). The average molecular weight is 334 g/mol. The van der Waals surface area contributed by atoms with E-state index in [1.807, 2.05) is 66.9 Å². The molecule has 1 unspecified atom stereocenters. The van der Waals surface area contributed by atoms with Gasteiger partial charge in [-0.2, -0.15) is 0 Å². The number of carbonyl (C=O) groups excluding carboxylic acids is 1. The van der Waals surface area contributed by atoms with Crippen LogP contribution in [0.2, 0.25) is 0 Å². The lowest BCUT2D eigenvalue weighted by Gasteiger charge is -2.15. The third kappa shape index (κ3) is 4.73. The molecule has 25 heavy (non-hydrogen) atoms. The van der Waals surface area contributed by atoms with E-state index >= 15 is 0 Å². The van der Waals surface area contributed by atoms with Crippen molar-refractivity contribution in [1.82, 2.24) is 9.88 Å². The van der Waals surface area contributed by atoms with Crippen molar-refractivity contribution in [2.45, 2.75) is 26.1 Å². The van der Waals surface area contributed by atoms with Crippen LogP contribution in [0.5, 0.6) is 5.75 Å². The second-order valence-corrected chi connectivity index (χ2v) is 5.90. The van der Waals surface area contributed by atoms with Crippen molar-refractivity contribution in [2.24, 2.45) is 0 Å². The van der Waals surface area contributed by atoms with E-state index in [4.69, 9.17) is 4.74 Å². The van der Waals surface area contributed by atoms with Gasteiger partial charge in [0.15, 0.2) is 6.10 Å². The van der Waals surface area contributed by atoms with Gasteiger partial charge in [-0.1, -0.05) is 48.5 Å². The zero-order valence-corrected chi connectivity index (χ0v) is 14.3. The Balaban J connectivity index is 1.55. The van der Waals surface area contributed by atoms with E-state index in [0.717, 1.165) is 12.2 Å². The first-order chi connectivity index (χ1) is 12.2. The number of nitrogens with one attached hydrogen (secondary N) is 1. The van der Waals surface area contributed by atoms with E-state index in [9.17, 15) is 4.79 Å². The van der Waals surface area contributed by atoms with Crippen LogP contribution in [-0.2, 0) is 17.9 Å². The van der Waals surface area contributed by atoms with Crippen LogP contribution < -0.4 is 10.1 Å². The summed E-state index contributed by atoms with van der Waals surface area (Å²) < 4.78 is 7.79. The maximum atomic E-state index is 12.3. The van der Waals surface area contributed by atoms with Crippen LogP contribution in [0.4, 0.5) is 0 Å². The third-order valence-electron chi connectivity index (χ3n) is 3.99. The Bertz CT molecular complexity index is 797. The quantitative estimate of drug-likeness (QED) is 0.717. The van der Waals surface area contributed by atoms with Gasteiger partial charge in [0.2, 0.25) is 0 Å². The van der Waals surface area contributed by atoms with Gasteiger partial charge in [0.1, 0.15) is 5.75 Å². The van der Waals surface area contributed by atoms with E-state index in [1.165, 1.54) is 5.56 Å². The van der Waals surface area contributed by atoms with Gasteiger partial charge < -0.3 is 14.6 Å². The van der Waals surface area contributed by atoms with Crippen molar-refractivity contribution in [3.05, 3.63) is 90.3 Å². The van der Waals surface area contributed by atoms with Gasteiger partial charge in [-0.3, -0.25) is 4.79 Å². The monoisotopic (exact) mass is 334 g/mol. The molecule has 0 radical (unpaired) electrons. The minimum Gasteiger partial charge on any atom is -0.481 e. The Morgan fingerprint density at radius 1 is 1.00 bits per heavy atom. The SMILES string of the molecule is CC(Oc1ccccc1)C(=O)NCc1cccn1Cc1ccccc1. The van der Waals surface area contributed by atoms with Crippen molar-refractivity contribution in [1.29, 1.82) is 0 Å². The number of nitrogens with zero attached hydrogens (tertiary/aromatic N) is 1. The zero-order chi connectivity index (χ0) is 17.5. The van der Waals surface area contributed by atoms with E-state index < -0.39 is 6.10 Å². The fraction of sp³-hybridized carbons (Fsp3) is 0.190. The minimum atomic E-state index is -0.542. The molecular weight excluding hydrogens is 312 g/mol. The van der Waals surface area contributed by atoms with Crippen LogP contribution >= 0.6 is 0 Å². The summed E-state index contributed by atoms with van der Waals surface area (Å²) in [5.41, 5.74) is 2.29. The first-order valence-electron chi connectivity index (χ1n) is 8.40. The summed E-state index contributed by atoms with van der Waals surface area (Å²) in [4.78, 5) is 12.3. The number of amides is 1. The molecule has 0 spiro atoms. The highest BCUT2D eigenvalue weighted by Crippen LogP contribution is 2.11. The van der Waals surface area contributed by atoms with Crippen molar-refractivity contribution >= 4 is 5.91 Å². The minimum absolute atomic E-state index is 0.128. The summed E-state index contributed by atoms with van der Waals surface area (Å²) in [6.45, 7) is 3.02. The number of rotatable bonds is 7. The maximum Gasteiger partial charge on any atom is 0.261 e. The molecule has 0 aliphatic carbocycles. The predicted octanol–water partition coefficient (Wildman–Crippen LogP) is 3.62. The molecule has 1 atom stereocenters. The molecule has 1 N–H and O–H groups in total. The van der Waals surface area contributed by atoms with Crippen molar-refractivity contribution in [3.63, 3.8) is 0 Å². The highest BCUT2D eigenvalue weighted by atomic mass is 16.5. The van der Waals surface area contributed by atoms with Gasteiger partial charge in [0.05, 0.1) is 6.54 Å². The van der Waals surface area contributed by atoms with Crippen molar-refractivity contribution < 1.29 is 9.53 Å². The van der Waals surface area contributed by atoms with Crippen molar-refractivity contribution in [2.75, 3.05) is 0 Å². The summed E-state index contributed by atoms with van der Waals surface area (Å²) in [5, 5.41) is 2.95. The summed E-state index contributed by atoms with van der Waals surface area (Å²) in [6.07, 6.45) is 1.48.